The van der Waals surface area contributed by atoms with Gasteiger partial charge in [-0.2, -0.15) is 0 Å². The van der Waals surface area contributed by atoms with Crippen LogP contribution in [-0.2, 0) is 63.8 Å². The van der Waals surface area contributed by atoms with Gasteiger partial charge in [-0.1, -0.05) is 0 Å². The second-order valence-corrected chi connectivity index (χ2v) is 0. The molecule has 0 aliphatic heterocycles. The van der Waals surface area contributed by atoms with E-state index >= 15 is 0 Å². The third-order valence-electron chi connectivity index (χ3n) is 0. The minimum atomic E-state index is 0. The zero-order chi connectivity index (χ0) is 0. The van der Waals surface area contributed by atoms with Crippen LogP contribution in [0.1, 0.15) is 0 Å². The SMILES string of the molecule is O.[Al].[Mo].[Ti].[W]. The zero-order valence-electron chi connectivity index (χ0n) is 2.39. The molecule has 2 N–H and O–H groups in total. The van der Waals surface area contributed by atoms with Crippen molar-refractivity contribution in [3.63, 3.8) is 0 Å². The predicted octanol–water partition coefficient (Wildman–Crippen LogP) is -1.21. The van der Waals surface area contributed by atoms with Crippen LogP contribution in [0.4, 0.5) is 0 Å². The summed E-state index contributed by atoms with van der Waals surface area (Å²) in [7, 11) is 0. The molecule has 5 heavy (non-hydrogen) atoms. The fourth-order valence-corrected chi connectivity index (χ4v) is 0. The van der Waals surface area contributed by atoms with Crippen molar-refractivity contribution in [3.8, 4) is 0 Å². The Labute approximate surface area is 85.5 Å². The van der Waals surface area contributed by atoms with Gasteiger partial charge in [0.2, 0.25) is 0 Å². The van der Waals surface area contributed by atoms with Crippen molar-refractivity contribution in [1.82, 2.24) is 0 Å². The van der Waals surface area contributed by atoms with Crippen LogP contribution >= 0.6 is 0 Å². The molecule has 27 valence electrons. The number of hydrogen-bond donors (Lipinski definition) is 0. The summed E-state index contributed by atoms with van der Waals surface area (Å²) in [6.45, 7) is 0. The molecule has 0 aromatic heterocycles. The normalized spacial score (nSPS) is 0. The van der Waals surface area contributed by atoms with Crippen LogP contribution in [-0.4, -0.2) is 22.8 Å². The van der Waals surface area contributed by atoms with Gasteiger partial charge in [0.15, 0.2) is 0 Å². The van der Waals surface area contributed by atoms with Crippen molar-refractivity contribution in [2.75, 3.05) is 0 Å². The Morgan fingerprint density at radius 3 is 1.00 bits per heavy atom. The molecule has 0 aromatic rings. The Balaban J connectivity index is 0. The van der Waals surface area contributed by atoms with E-state index in [9.17, 15) is 0 Å². The van der Waals surface area contributed by atoms with Crippen LogP contribution in [0.25, 0.3) is 0 Å². The summed E-state index contributed by atoms with van der Waals surface area (Å²) in [4.78, 5) is 0. The van der Waals surface area contributed by atoms with Crippen LogP contribution in [0.5, 0.6) is 0 Å². The van der Waals surface area contributed by atoms with Gasteiger partial charge in [-0.3, -0.25) is 0 Å². The Hall–Kier alpha value is 2.58. The number of rotatable bonds is 0. The maximum absolute atomic E-state index is 0. The van der Waals surface area contributed by atoms with Gasteiger partial charge < -0.3 is 5.48 Å². The van der Waals surface area contributed by atoms with Crippen molar-refractivity contribution >= 4 is 17.4 Å². The second kappa shape index (κ2) is 30.8. The molecule has 0 atom stereocenters. The first-order valence-corrected chi connectivity index (χ1v) is 0. The maximum atomic E-state index is 0. The zero-order valence-corrected chi connectivity index (χ0v) is 10.1. The summed E-state index contributed by atoms with van der Waals surface area (Å²) in [5, 5.41) is 0. The van der Waals surface area contributed by atoms with E-state index in [4.69, 9.17) is 0 Å². The molecule has 0 aromatic carbocycles. The molecular weight excluding hydrogens is 371 g/mol. The molecule has 5 heteroatoms. The molecule has 1 nitrogen and oxygen atoms in total. The Morgan fingerprint density at radius 1 is 1.00 bits per heavy atom. The molecule has 0 unspecified atom stereocenters. The first-order valence-electron chi connectivity index (χ1n) is 0. The topological polar surface area (TPSA) is 31.5 Å². The van der Waals surface area contributed by atoms with Gasteiger partial charge >= 0.3 is 0 Å². The molecule has 0 fully saturated rings. The summed E-state index contributed by atoms with van der Waals surface area (Å²) >= 11 is 0. The molecule has 0 spiro atoms. The first-order chi connectivity index (χ1) is 0. The van der Waals surface area contributed by atoms with E-state index in [0.29, 0.717) is 0 Å². The molecule has 0 amide bonds. The van der Waals surface area contributed by atoms with Crippen molar-refractivity contribution in [3.05, 3.63) is 0 Å². The van der Waals surface area contributed by atoms with Crippen molar-refractivity contribution in [1.29, 1.82) is 0 Å². The molecule has 0 saturated heterocycles. The quantitative estimate of drug-likeness (QED) is 0.478. The molecule has 0 saturated carbocycles. The van der Waals surface area contributed by atoms with E-state index in [1.807, 2.05) is 0 Å². The summed E-state index contributed by atoms with van der Waals surface area (Å²) in [5.74, 6) is 0. The van der Waals surface area contributed by atoms with E-state index in [1.165, 1.54) is 0 Å². The van der Waals surface area contributed by atoms with E-state index in [0.717, 1.165) is 0 Å². The van der Waals surface area contributed by atoms with Crippen LogP contribution in [0.15, 0.2) is 0 Å². The Kier molecular flexibility index (Phi) is 303. The maximum Gasteiger partial charge on any atom is 0 e. The fraction of sp³-hybridized carbons (Fsp3) is 0. The van der Waals surface area contributed by atoms with Gasteiger partial charge in [0.05, 0.1) is 0 Å². The van der Waals surface area contributed by atoms with Crippen molar-refractivity contribution < 1.29 is 69.3 Å². The predicted molar refractivity (Wildman–Crippen MR) is 9.37 cm³/mol. The minimum Gasteiger partial charge on any atom is -0.412 e. The third-order valence-corrected chi connectivity index (χ3v) is 0. The van der Waals surface area contributed by atoms with Crippen LogP contribution in [0.3, 0.4) is 0 Å². The van der Waals surface area contributed by atoms with Crippen LogP contribution < -0.4 is 0 Å². The molecule has 0 rings (SSSR count). The van der Waals surface area contributed by atoms with Gasteiger partial charge in [0, 0.05) is 81.2 Å². The fourth-order valence-electron chi connectivity index (χ4n) is 0. The molecule has 0 aliphatic rings. The second-order valence-electron chi connectivity index (χ2n) is 0. The minimum absolute atomic E-state index is 0. The van der Waals surface area contributed by atoms with Gasteiger partial charge in [0.25, 0.3) is 0 Å². The molecule has 0 heterocycles. The van der Waals surface area contributed by atoms with Gasteiger partial charge in [0.1, 0.15) is 0 Å². The third kappa shape index (κ3) is 20.7. The van der Waals surface area contributed by atoms with Gasteiger partial charge in [-0.05, 0) is 0 Å². The average molecular weight is 373 g/mol. The smallest absolute Gasteiger partial charge is 0 e. The van der Waals surface area contributed by atoms with E-state index < -0.39 is 0 Å². The first kappa shape index (κ1) is 49.2. The van der Waals surface area contributed by atoms with Crippen molar-refractivity contribution in [2.24, 2.45) is 0 Å². The van der Waals surface area contributed by atoms with Gasteiger partial charge in [-0.15, -0.1) is 0 Å². The largest absolute Gasteiger partial charge is 0.412 e. The summed E-state index contributed by atoms with van der Waals surface area (Å²) in [6, 6.07) is 0. The van der Waals surface area contributed by atoms with E-state index in [2.05, 4.69) is 0 Å². The molecule has 0 aliphatic carbocycles. The molecule has 0 bridgehead atoms. The summed E-state index contributed by atoms with van der Waals surface area (Å²) < 4.78 is 0. The van der Waals surface area contributed by atoms with Crippen molar-refractivity contribution in [2.45, 2.75) is 0 Å². The molecular formula is H2AlMoOTiW. The van der Waals surface area contributed by atoms with Crippen LogP contribution in [0.2, 0.25) is 0 Å². The summed E-state index contributed by atoms with van der Waals surface area (Å²) in [5.41, 5.74) is 0. The number of hydrogen-bond acceptors (Lipinski definition) is 0. The van der Waals surface area contributed by atoms with E-state index in [1.54, 1.807) is 0 Å². The van der Waals surface area contributed by atoms with Gasteiger partial charge in [-0.25, -0.2) is 0 Å². The Morgan fingerprint density at radius 2 is 1.00 bits per heavy atom. The summed E-state index contributed by atoms with van der Waals surface area (Å²) in [6.07, 6.45) is 0. The van der Waals surface area contributed by atoms with Crippen LogP contribution in [0, 0.1) is 0 Å². The van der Waals surface area contributed by atoms with E-state index in [-0.39, 0.29) is 86.7 Å². The Bertz CT molecular complexity index is 11.6. The average Bonchev–Trinajstić information content (AvgIpc) is 0. The molecule has 3 radical (unpaired) electrons. The standard InChI is InChI=1S/Al.Mo.H2O.Ti.W/h;;1H2;;. The monoisotopic (exact) mass is 375 g/mol.